The molecule has 0 saturated heterocycles. The summed E-state index contributed by atoms with van der Waals surface area (Å²) < 4.78 is 4.74. The summed E-state index contributed by atoms with van der Waals surface area (Å²) in [7, 11) is 1.33. The molecule has 0 bridgehead atoms. The van der Waals surface area contributed by atoms with Crippen LogP contribution in [0.1, 0.15) is 46.5 Å². The topological polar surface area (TPSA) is 67.9 Å². The predicted octanol–water partition coefficient (Wildman–Crippen LogP) is 2.09. The third-order valence-electron chi connectivity index (χ3n) is 2.77. The van der Waals surface area contributed by atoms with Crippen molar-refractivity contribution in [1.82, 2.24) is 10.4 Å². The van der Waals surface area contributed by atoms with Gasteiger partial charge >= 0.3 is 12.0 Å². The Hall–Kier alpha value is -1.30. The summed E-state index contributed by atoms with van der Waals surface area (Å²) in [5.41, 5.74) is 2.37. The van der Waals surface area contributed by atoms with Gasteiger partial charge in [-0.25, -0.2) is 15.1 Å². The summed E-state index contributed by atoms with van der Waals surface area (Å²) in [4.78, 5) is 30.2. The van der Waals surface area contributed by atoms with Gasteiger partial charge in [-0.3, -0.25) is 4.84 Å². The highest BCUT2D eigenvalue weighted by molar-refractivity contribution is 5.83. The van der Waals surface area contributed by atoms with Gasteiger partial charge in [0.1, 0.15) is 6.04 Å². The van der Waals surface area contributed by atoms with Gasteiger partial charge in [0.05, 0.1) is 13.7 Å². The molecule has 0 saturated carbocycles. The van der Waals surface area contributed by atoms with Gasteiger partial charge in [0.15, 0.2) is 0 Å². The van der Waals surface area contributed by atoms with Crippen LogP contribution >= 0.6 is 0 Å². The summed E-state index contributed by atoms with van der Waals surface area (Å²) in [6.45, 7) is 6.70. The Morgan fingerprint density at radius 1 is 1.21 bits per heavy atom. The molecule has 0 aromatic rings. The number of carbonyl (C=O) groups is 2. The lowest BCUT2D eigenvalue weighted by Gasteiger charge is -2.28. The lowest BCUT2D eigenvalue weighted by molar-refractivity contribution is -0.146. The van der Waals surface area contributed by atoms with Crippen LogP contribution < -0.4 is 5.48 Å². The zero-order chi connectivity index (χ0) is 14.7. The van der Waals surface area contributed by atoms with Crippen molar-refractivity contribution < 1.29 is 19.2 Å². The van der Waals surface area contributed by atoms with Crippen LogP contribution in [-0.4, -0.2) is 43.2 Å². The summed E-state index contributed by atoms with van der Waals surface area (Å²) in [5.74, 6) is -0.396. The number of rotatable bonds is 9. The maximum Gasteiger partial charge on any atom is 0.342 e. The van der Waals surface area contributed by atoms with Crippen LogP contribution in [0, 0.1) is 0 Å². The van der Waals surface area contributed by atoms with Crippen molar-refractivity contribution in [2.75, 3.05) is 20.3 Å². The number of nitrogens with zero attached hydrogens (tertiary/aromatic N) is 1. The second-order valence-corrected chi connectivity index (χ2v) is 4.22. The Balaban J connectivity index is 4.47. The zero-order valence-corrected chi connectivity index (χ0v) is 12.4. The standard InChI is InChI=1S/C13H26N2O4/c1-5-8-10-19-14-13(17)15(7-3)11(9-6-2)12(16)18-4/h11H,5-10H2,1-4H3,(H,14,17)/t11-/m0/s1. The van der Waals surface area contributed by atoms with E-state index in [2.05, 4.69) is 5.48 Å². The Kier molecular flexibility index (Phi) is 9.88. The minimum atomic E-state index is -0.560. The first-order chi connectivity index (χ1) is 9.12. The molecule has 2 amide bonds. The van der Waals surface area contributed by atoms with E-state index in [1.54, 1.807) is 0 Å². The van der Waals surface area contributed by atoms with Gasteiger partial charge in [0.25, 0.3) is 0 Å². The number of likely N-dealkylation sites (N-methyl/N-ethyl adjacent to an activating group) is 1. The number of hydrogen-bond donors (Lipinski definition) is 1. The molecule has 0 aromatic carbocycles. The number of urea groups is 1. The summed E-state index contributed by atoms with van der Waals surface area (Å²) in [6.07, 6.45) is 3.24. The zero-order valence-electron chi connectivity index (χ0n) is 12.4. The lowest BCUT2D eigenvalue weighted by Crippen LogP contribution is -2.49. The molecule has 0 aromatic heterocycles. The largest absolute Gasteiger partial charge is 0.467 e. The number of ether oxygens (including phenoxy) is 1. The molecule has 0 rings (SSSR count). The number of amides is 2. The molecule has 1 N–H and O–H groups in total. The van der Waals surface area contributed by atoms with E-state index in [1.165, 1.54) is 12.0 Å². The first-order valence-electron chi connectivity index (χ1n) is 6.88. The normalized spacial score (nSPS) is 11.8. The highest BCUT2D eigenvalue weighted by Gasteiger charge is 2.28. The Morgan fingerprint density at radius 2 is 1.89 bits per heavy atom. The van der Waals surface area contributed by atoms with E-state index < -0.39 is 18.0 Å². The molecular weight excluding hydrogens is 248 g/mol. The number of hydroxylamine groups is 1. The van der Waals surface area contributed by atoms with Crippen LogP contribution in [0.5, 0.6) is 0 Å². The molecule has 6 nitrogen and oxygen atoms in total. The van der Waals surface area contributed by atoms with Gasteiger partial charge in [-0.05, 0) is 19.8 Å². The molecule has 0 radical (unpaired) electrons. The Labute approximate surface area is 115 Å². The fourth-order valence-corrected chi connectivity index (χ4v) is 1.70. The SMILES string of the molecule is CCCCONC(=O)N(CC)[C@@H](CCC)C(=O)OC. The monoisotopic (exact) mass is 274 g/mol. The average Bonchev–Trinajstić information content (AvgIpc) is 2.42. The van der Waals surface area contributed by atoms with E-state index in [1.807, 2.05) is 20.8 Å². The molecule has 19 heavy (non-hydrogen) atoms. The van der Waals surface area contributed by atoms with Gasteiger partial charge in [0.2, 0.25) is 0 Å². The second-order valence-electron chi connectivity index (χ2n) is 4.22. The van der Waals surface area contributed by atoms with Crippen molar-refractivity contribution in [3.05, 3.63) is 0 Å². The molecule has 0 aliphatic carbocycles. The van der Waals surface area contributed by atoms with E-state index in [4.69, 9.17) is 9.57 Å². The quantitative estimate of drug-likeness (QED) is 0.397. The van der Waals surface area contributed by atoms with Crippen molar-refractivity contribution in [1.29, 1.82) is 0 Å². The number of esters is 1. The summed E-state index contributed by atoms with van der Waals surface area (Å²) in [6, 6.07) is -0.961. The van der Waals surface area contributed by atoms with Crippen LogP contribution in [0.2, 0.25) is 0 Å². The summed E-state index contributed by atoms with van der Waals surface area (Å²) in [5, 5.41) is 0. The number of methoxy groups -OCH3 is 1. The lowest BCUT2D eigenvalue weighted by atomic mass is 10.1. The third-order valence-corrected chi connectivity index (χ3v) is 2.77. The molecule has 0 heterocycles. The number of carbonyl (C=O) groups excluding carboxylic acids is 2. The van der Waals surface area contributed by atoms with Gasteiger partial charge in [-0.15, -0.1) is 0 Å². The average molecular weight is 274 g/mol. The Morgan fingerprint density at radius 3 is 2.37 bits per heavy atom. The highest BCUT2D eigenvalue weighted by atomic mass is 16.7. The third kappa shape index (κ3) is 6.42. The number of unbranched alkanes of at least 4 members (excludes halogenated alkanes) is 1. The second kappa shape index (κ2) is 10.6. The first kappa shape index (κ1) is 17.7. The van der Waals surface area contributed by atoms with Crippen molar-refractivity contribution in [2.45, 2.75) is 52.5 Å². The maximum atomic E-state index is 12.0. The molecular formula is C13H26N2O4. The molecule has 0 aliphatic heterocycles. The fraction of sp³-hybridized carbons (Fsp3) is 0.846. The van der Waals surface area contributed by atoms with Crippen molar-refractivity contribution in [3.8, 4) is 0 Å². The minimum absolute atomic E-state index is 0.396. The molecule has 0 unspecified atom stereocenters. The molecule has 0 fully saturated rings. The van der Waals surface area contributed by atoms with E-state index in [0.717, 1.165) is 19.3 Å². The van der Waals surface area contributed by atoms with Crippen molar-refractivity contribution >= 4 is 12.0 Å². The van der Waals surface area contributed by atoms with E-state index in [9.17, 15) is 9.59 Å². The molecule has 112 valence electrons. The maximum absolute atomic E-state index is 12.0. The number of nitrogens with one attached hydrogen (secondary N) is 1. The van der Waals surface area contributed by atoms with E-state index in [0.29, 0.717) is 19.6 Å². The number of hydrogen-bond acceptors (Lipinski definition) is 4. The van der Waals surface area contributed by atoms with Crippen LogP contribution in [0.15, 0.2) is 0 Å². The molecule has 6 heteroatoms. The predicted molar refractivity (Wildman–Crippen MR) is 72.5 cm³/mol. The van der Waals surface area contributed by atoms with Gasteiger partial charge in [0, 0.05) is 6.54 Å². The molecule has 0 aliphatic rings. The van der Waals surface area contributed by atoms with E-state index in [-0.39, 0.29) is 0 Å². The smallest absolute Gasteiger partial charge is 0.342 e. The first-order valence-corrected chi connectivity index (χ1v) is 6.88. The van der Waals surface area contributed by atoms with Crippen LogP contribution in [0.4, 0.5) is 4.79 Å². The van der Waals surface area contributed by atoms with Crippen LogP contribution in [0.25, 0.3) is 0 Å². The van der Waals surface area contributed by atoms with Crippen LogP contribution in [-0.2, 0) is 14.4 Å². The fourth-order valence-electron chi connectivity index (χ4n) is 1.70. The van der Waals surface area contributed by atoms with Gasteiger partial charge in [-0.1, -0.05) is 26.7 Å². The molecule has 0 spiro atoms. The highest BCUT2D eigenvalue weighted by Crippen LogP contribution is 2.09. The van der Waals surface area contributed by atoms with Crippen LogP contribution in [0.3, 0.4) is 0 Å². The summed E-state index contributed by atoms with van der Waals surface area (Å²) >= 11 is 0. The van der Waals surface area contributed by atoms with E-state index >= 15 is 0 Å². The van der Waals surface area contributed by atoms with Crippen molar-refractivity contribution in [2.24, 2.45) is 0 Å². The Bertz CT molecular complexity index is 271. The van der Waals surface area contributed by atoms with Gasteiger partial charge in [-0.2, -0.15) is 0 Å². The van der Waals surface area contributed by atoms with Gasteiger partial charge < -0.3 is 9.64 Å². The van der Waals surface area contributed by atoms with Crippen molar-refractivity contribution in [3.63, 3.8) is 0 Å². The minimum Gasteiger partial charge on any atom is -0.467 e. The molecule has 1 atom stereocenters.